The Balaban J connectivity index is 3.52. The van der Waals surface area contributed by atoms with Gasteiger partial charge in [0.05, 0.1) is 9.82 Å². The lowest BCUT2D eigenvalue weighted by molar-refractivity contribution is -0.386. The van der Waals surface area contributed by atoms with Crippen molar-refractivity contribution in [2.75, 3.05) is 0 Å². The molecule has 112 valence electrons. The summed E-state index contributed by atoms with van der Waals surface area (Å²) in [5, 5.41) is 16.2. The van der Waals surface area contributed by atoms with Gasteiger partial charge in [-0.05, 0) is 18.9 Å². The topological polar surface area (TPSA) is 129 Å². The molecule has 0 fully saturated rings. The number of nitrogens with zero attached hydrogens (tertiary/aromatic N) is 1. The van der Waals surface area contributed by atoms with Gasteiger partial charge >= 0.3 is 0 Å². The van der Waals surface area contributed by atoms with Gasteiger partial charge in [-0.2, -0.15) is 0 Å². The van der Waals surface area contributed by atoms with Crippen LogP contribution in [-0.2, 0) is 10.0 Å². The van der Waals surface area contributed by atoms with Crippen molar-refractivity contribution in [3.63, 3.8) is 0 Å². The highest BCUT2D eigenvalue weighted by Crippen LogP contribution is 2.34. The van der Waals surface area contributed by atoms with Crippen molar-refractivity contribution in [1.29, 1.82) is 0 Å². The third-order valence-electron chi connectivity index (χ3n) is 3.17. The van der Waals surface area contributed by atoms with Crippen LogP contribution in [0.3, 0.4) is 0 Å². The maximum absolute atomic E-state index is 11.3. The predicted molar refractivity (Wildman–Crippen MR) is 75.7 cm³/mol. The second-order valence-corrected chi connectivity index (χ2v) is 6.71. The van der Waals surface area contributed by atoms with Crippen molar-refractivity contribution in [1.82, 2.24) is 0 Å². The molecule has 0 saturated carbocycles. The molecule has 0 aromatic heterocycles. The first-order chi connectivity index (χ1) is 9.05. The number of nitro benzene ring substituents is 1. The highest BCUT2D eigenvalue weighted by molar-refractivity contribution is 7.89. The van der Waals surface area contributed by atoms with E-state index < -0.39 is 14.9 Å². The van der Waals surface area contributed by atoms with Gasteiger partial charge in [0.2, 0.25) is 10.0 Å². The molecule has 20 heavy (non-hydrogen) atoms. The highest BCUT2D eigenvalue weighted by Gasteiger charge is 2.29. The molecule has 0 aliphatic carbocycles. The van der Waals surface area contributed by atoms with E-state index in [0.29, 0.717) is 5.56 Å². The van der Waals surface area contributed by atoms with Gasteiger partial charge in [-0.25, -0.2) is 13.6 Å². The number of hydrogen-bond acceptors (Lipinski definition) is 5. The van der Waals surface area contributed by atoms with Crippen LogP contribution in [-0.4, -0.2) is 19.4 Å². The molecular weight excluding hydrogens is 282 g/mol. The Morgan fingerprint density at radius 1 is 1.25 bits per heavy atom. The van der Waals surface area contributed by atoms with Gasteiger partial charge in [0.15, 0.2) is 0 Å². The maximum atomic E-state index is 11.3. The third kappa shape index (κ3) is 3.53. The van der Waals surface area contributed by atoms with E-state index in [1.54, 1.807) is 6.92 Å². The summed E-state index contributed by atoms with van der Waals surface area (Å²) in [7, 11) is -3.98. The minimum Gasteiger partial charge on any atom is -0.327 e. The van der Waals surface area contributed by atoms with Gasteiger partial charge in [-0.15, -0.1) is 0 Å². The molecule has 7 nitrogen and oxygen atoms in total. The van der Waals surface area contributed by atoms with E-state index in [1.807, 2.05) is 13.8 Å². The number of primary sulfonamides is 1. The van der Waals surface area contributed by atoms with Crippen LogP contribution in [0.5, 0.6) is 0 Å². The van der Waals surface area contributed by atoms with E-state index in [2.05, 4.69) is 0 Å². The standard InChI is InChI=1S/C12H19N3O4S/c1-7(2)12(8(3)13)10-5-4-9(20(14,18)19)6-11(10)15(16)17/h4-8,12H,13H2,1-3H3,(H2,14,18,19). The van der Waals surface area contributed by atoms with Crippen LogP contribution in [0.2, 0.25) is 0 Å². The van der Waals surface area contributed by atoms with Crippen LogP contribution in [0.4, 0.5) is 5.69 Å². The Bertz CT molecular complexity index is 603. The van der Waals surface area contributed by atoms with Crippen LogP contribution in [0.1, 0.15) is 32.3 Å². The first-order valence-electron chi connectivity index (χ1n) is 6.12. The smallest absolute Gasteiger partial charge is 0.274 e. The number of rotatable bonds is 5. The average molecular weight is 301 g/mol. The Morgan fingerprint density at radius 3 is 2.15 bits per heavy atom. The predicted octanol–water partition coefficient (Wildman–Crippen LogP) is 1.33. The SMILES string of the molecule is CC(C)C(c1ccc(S(N)(=O)=O)cc1[N+](=O)[O-])C(C)N. The zero-order chi connectivity index (χ0) is 15.7. The van der Waals surface area contributed by atoms with Crippen molar-refractivity contribution in [3.8, 4) is 0 Å². The second-order valence-electron chi connectivity index (χ2n) is 5.15. The van der Waals surface area contributed by atoms with Crippen molar-refractivity contribution in [3.05, 3.63) is 33.9 Å². The van der Waals surface area contributed by atoms with Crippen molar-refractivity contribution in [2.24, 2.45) is 16.8 Å². The first kappa shape index (κ1) is 16.5. The maximum Gasteiger partial charge on any atom is 0.274 e. The molecule has 2 unspecified atom stereocenters. The molecule has 0 aliphatic heterocycles. The Hall–Kier alpha value is -1.51. The Labute approximate surface area is 118 Å². The van der Waals surface area contributed by atoms with Gasteiger partial charge < -0.3 is 5.73 Å². The summed E-state index contributed by atoms with van der Waals surface area (Å²) >= 11 is 0. The summed E-state index contributed by atoms with van der Waals surface area (Å²) < 4.78 is 22.6. The fraction of sp³-hybridized carbons (Fsp3) is 0.500. The molecule has 1 aromatic carbocycles. The van der Waals surface area contributed by atoms with Crippen molar-refractivity contribution in [2.45, 2.75) is 37.6 Å². The number of benzene rings is 1. The molecule has 4 N–H and O–H groups in total. The summed E-state index contributed by atoms with van der Waals surface area (Å²) in [5.74, 6) is -0.168. The molecule has 0 heterocycles. The minimum absolute atomic E-state index is 0.0778. The summed E-state index contributed by atoms with van der Waals surface area (Å²) in [6.45, 7) is 5.58. The summed E-state index contributed by atoms with van der Waals surface area (Å²) in [6.07, 6.45) is 0. The Morgan fingerprint density at radius 2 is 1.80 bits per heavy atom. The molecule has 0 bridgehead atoms. The van der Waals surface area contributed by atoms with Crippen LogP contribution in [0, 0.1) is 16.0 Å². The quantitative estimate of drug-likeness (QED) is 0.626. The third-order valence-corrected chi connectivity index (χ3v) is 4.08. The molecule has 0 saturated heterocycles. The lowest BCUT2D eigenvalue weighted by Crippen LogP contribution is -2.29. The van der Waals surface area contributed by atoms with E-state index in [1.165, 1.54) is 12.1 Å². The molecular formula is C12H19N3O4S. The molecule has 0 amide bonds. The molecule has 2 atom stereocenters. The minimum atomic E-state index is -3.98. The highest BCUT2D eigenvalue weighted by atomic mass is 32.2. The van der Waals surface area contributed by atoms with Crippen molar-refractivity contribution < 1.29 is 13.3 Å². The molecule has 1 rings (SSSR count). The van der Waals surface area contributed by atoms with Gasteiger partial charge in [0.25, 0.3) is 5.69 Å². The van der Waals surface area contributed by atoms with Crippen molar-refractivity contribution >= 4 is 15.7 Å². The van der Waals surface area contributed by atoms with E-state index in [9.17, 15) is 18.5 Å². The van der Waals surface area contributed by atoms with E-state index in [0.717, 1.165) is 6.07 Å². The van der Waals surface area contributed by atoms with Gasteiger partial charge in [0.1, 0.15) is 0 Å². The normalized spacial score (nSPS) is 15.1. The van der Waals surface area contributed by atoms with Crippen LogP contribution in [0.25, 0.3) is 0 Å². The summed E-state index contributed by atoms with van der Waals surface area (Å²) in [5.41, 5.74) is 6.05. The number of nitro groups is 1. The van der Waals surface area contributed by atoms with Crippen LogP contribution < -0.4 is 10.9 Å². The summed E-state index contributed by atoms with van der Waals surface area (Å²) in [4.78, 5) is 10.3. The monoisotopic (exact) mass is 301 g/mol. The fourth-order valence-electron chi connectivity index (χ4n) is 2.39. The zero-order valence-electron chi connectivity index (χ0n) is 11.6. The largest absolute Gasteiger partial charge is 0.327 e. The molecule has 0 radical (unpaired) electrons. The fourth-order valence-corrected chi connectivity index (χ4v) is 2.92. The van der Waals surface area contributed by atoms with Crippen LogP contribution in [0.15, 0.2) is 23.1 Å². The van der Waals surface area contributed by atoms with E-state index in [-0.39, 0.29) is 28.5 Å². The number of sulfonamides is 1. The molecule has 0 spiro atoms. The second kappa shape index (κ2) is 5.86. The van der Waals surface area contributed by atoms with Crippen LogP contribution >= 0.6 is 0 Å². The molecule has 0 aliphatic rings. The van der Waals surface area contributed by atoms with E-state index >= 15 is 0 Å². The lowest BCUT2D eigenvalue weighted by atomic mass is 9.82. The number of nitrogens with two attached hydrogens (primary N) is 2. The first-order valence-corrected chi connectivity index (χ1v) is 7.67. The van der Waals surface area contributed by atoms with Gasteiger partial charge in [0, 0.05) is 23.6 Å². The average Bonchev–Trinajstić information content (AvgIpc) is 2.26. The van der Waals surface area contributed by atoms with E-state index in [4.69, 9.17) is 10.9 Å². The molecule has 8 heteroatoms. The van der Waals surface area contributed by atoms with Gasteiger partial charge in [-0.3, -0.25) is 10.1 Å². The lowest BCUT2D eigenvalue weighted by Gasteiger charge is -2.25. The Kier molecular flexibility index (Phi) is 4.85. The zero-order valence-corrected chi connectivity index (χ0v) is 12.4. The molecule has 1 aromatic rings. The number of hydrogen-bond donors (Lipinski definition) is 2. The summed E-state index contributed by atoms with van der Waals surface area (Å²) in [6, 6.07) is 3.39. The van der Waals surface area contributed by atoms with Gasteiger partial charge in [-0.1, -0.05) is 19.9 Å².